The van der Waals surface area contributed by atoms with Crippen molar-refractivity contribution in [2.75, 3.05) is 0 Å². The number of hydrogen-bond acceptors (Lipinski definition) is 4. The predicted molar refractivity (Wildman–Crippen MR) is 467 cm³/mol. The molecule has 0 aliphatic carbocycles. The molecule has 0 bridgehead atoms. The topological polar surface area (TPSA) is 34.1 Å². The van der Waals surface area contributed by atoms with Gasteiger partial charge in [0, 0.05) is 109 Å². The lowest BCUT2D eigenvalue weighted by molar-refractivity contribution is 0.585. The second-order valence-electron chi connectivity index (χ2n) is 29.7. The molecule has 0 aliphatic heterocycles. The molecule has 13 heteroatoms. The summed E-state index contributed by atoms with van der Waals surface area (Å²) in [5.41, 5.74) is 8.80. The number of rotatable bonds is 10. The minimum Gasteiger partial charge on any atom is -0.218 e. The fraction of sp³-hybridized carbons (Fsp3) is 0. The standard InChI is InChI=1S/C104H54F8O2S3/c105-59-35-41-79(85(109)51-59)99-71-25-9-1-17-63(71)95(64-18-2-10-26-72(64)99)55-33-39-83-89(45-55)115-91-47-57(97-67-21-5-13-29-75(67)101(76-30-14-6-22-68(76)97)81-43-37-61(107)53-87(81)111)49-93(103(83)91)117(113,114)94-50-58(98-69-23-7-15-31-77(69)102(78-32-16-8-24-70(78)98)82-44-38-62(108)54-88(82)112)48-92-104(94)84-40-34-56(46-90(84)116-92)96-65-19-3-11-27-73(65)100(74-28-12-4-20-66(74)96)80-42-36-60(106)52-86(80)110/h1-54H. The van der Waals surface area contributed by atoms with Crippen LogP contribution in [0, 0.1) is 46.5 Å². The van der Waals surface area contributed by atoms with Gasteiger partial charge in [-0.25, -0.2) is 43.5 Å². The molecule has 0 spiro atoms. The molecule has 0 unspecified atom stereocenters. The summed E-state index contributed by atoms with van der Waals surface area (Å²) in [4.78, 5) is -0.0291. The molecule has 0 fully saturated rings. The maximum atomic E-state index is 18.1. The molecule has 0 aliphatic rings. The van der Waals surface area contributed by atoms with E-state index in [4.69, 9.17) is 0 Å². The van der Waals surface area contributed by atoms with Gasteiger partial charge >= 0.3 is 0 Å². The first kappa shape index (κ1) is 70.0. The van der Waals surface area contributed by atoms with E-state index >= 15 is 26.0 Å². The van der Waals surface area contributed by atoms with Gasteiger partial charge in [-0.1, -0.05) is 218 Å². The van der Waals surface area contributed by atoms with Crippen molar-refractivity contribution in [1.82, 2.24) is 0 Å². The highest BCUT2D eigenvalue weighted by atomic mass is 32.2. The highest BCUT2D eigenvalue weighted by Crippen LogP contribution is 2.55. The SMILES string of the molecule is O=S(=O)(c1cc(-c2c3ccccc3c(-c3ccc(F)cc3F)c3ccccc23)cc2sc3cc(-c4c5ccccc5c(-c5ccc(F)cc5F)c5ccccc45)ccc3c12)c1cc(-c2c3ccccc3c(-c3ccc(F)cc3F)c3ccccc23)cc2sc3cc(-c4c5ccccc5c(-c5ccc(F)cc5F)c5ccccc45)ccc3c12. The lowest BCUT2D eigenvalue weighted by atomic mass is 9.85. The van der Waals surface area contributed by atoms with Gasteiger partial charge in [-0.15, -0.1) is 22.7 Å². The lowest BCUT2D eigenvalue weighted by Gasteiger charge is -2.20. The van der Waals surface area contributed by atoms with Gasteiger partial charge in [0.1, 0.15) is 46.5 Å². The van der Waals surface area contributed by atoms with Gasteiger partial charge in [-0.2, -0.15) is 0 Å². The summed E-state index contributed by atoms with van der Waals surface area (Å²) in [6.45, 7) is 0. The first-order valence-corrected chi connectivity index (χ1v) is 41.0. The van der Waals surface area contributed by atoms with Gasteiger partial charge in [0.2, 0.25) is 9.84 Å². The van der Waals surface area contributed by atoms with E-state index in [1.54, 1.807) is 12.1 Å². The summed E-state index contributed by atoms with van der Waals surface area (Å²) >= 11 is 2.87. The molecule has 2 heterocycles. The second-order valence-corrected chi connectivity index (χ2v) is 33.7. The van der Waals surface area contributed by atoms with E-state index in [9.17, 15) is 17.6 Å². The monoisotopic (exact) mass is 1580 g/mol. The maximum Gasteiger partial charge on any atom is 0.207 e. The third kappa shape index (κ3) is 10.8. The summed E-state index contributed by atoms with van der Waals surface area (Å²) in [5.74, 6) is -5.76. The minimum absolute atomic E-state index is 0.0146. The molecule has 0 saturated heterocycles. The van der Waals surface area contributed by atoms with Crippen molar-refractivity contribution < 1.29 is 43.5 Å². The van der Waals surface area contributed by atoms with E-state index in [-0.39, 0.29) is 32.0 Å². The van der Waals surface area contributed by atoms with Gasteiger partial charge < -0.3 is 0 Å². The van der Waals surface area contributed by atoms with E-state index in [2.05, 4.69) is 12.1 Å². The van der Waals surface area contributed by atoms with E-state index in [1.165, 1.54) is 71.2 Å². The number of thiophene rings is 2. The molecule has 22 aromatic rings. The molecular weight excluding hydrogens is 1530 g/mol. The van der Waals surface area contributed by atoms with Crippen LogP contribution in [0.15, 0.2) is 337 Å². The number of sulfone groups is 1. The van der Waals surface area contributed by atoms with Crippen LogP contribution in [0.1, 0.15) is 0 Å². The number of benzene rings is 20. The van der Waals surface area contributed by atoms with Crippen LogP contribution in [0.25, 0.3) is 216 Å². The fourth-order valence-corrected chi connectivity index (χ4v) is 22.9. The van der Waals surface area contributed by atoms with Gasteiger partial charge in [-0.3, -0.25) is 0 Å². The molecule has 22 rings (SSSR count). The number of fused-ring (bicyclic) bond motifs is 14. The van der Waals surface area contributed by atoms with Crippen molar-refractivity contribution in [3.05, 3.63) is 374 Å². The van der Waals surface area contributed by atoms with Crippen molar-refractivity contribution >= 4 is 159 Å². The van der Waals surface area contributed by atoms with Crippen LogP contribution in [0.4, 0.5) is 35.1 Å². The highest BCUT2D eigenvalue weighted by Gasteiger charge is 2.33. The largest absolute Gasteiger partial charge is 0.218 e. The normalized spacial score (nSPS) is 12.2. The zero-order chi connectivity index (χ0) is 79.0. The van der Waals surface area contributed by atoms with E-state index < -0.39 is 56.4 Å². The Balaban J connectivity index is 0.844. The Bertz CT molecular complexity index is 7590. The molecule has 2 nitrogen and oxygen atoms in total. The summed E-state index contributed by atoms with van der Waals surface area (Å²) < 4.78 is 164. The molecule has 0 amide bonds. The molecular formula is C104H54F8O2S3. The van der Waals surface area contributed by atoms with E-state index in [0.717, 1.165) is 99.0 Å². The van der Waals surface area contributed by atoms with Crippen molar-refractivity contribution in [2.45, 2.75) is 9.79 Å². The van der Waals surface area contributed by atoms with E-state index in [0.29, 0.717) is 119 Å². The highest BCUT2D eigenvalue weighted by molar-refractivity contribution is 7.92. The van der Waals surface area contributed by atoms with Crippen molar-refractivity contribution in [1.29, 1.82) is 0 Å². The van der Waals surface area contributed by atoms with Gasteiger partial charge in [0.05, 0.1) is 9.79 Å². The van der Waals surface area contributed by atoms with Crippen LogP contribution in [-0.4, -0.2) is 8.42 Å². The smallest absolute Gasteiger partial charge is 0.207 e. The van der Waals surface area contributed by atoms with Crippen LogP contribution >= 0.6 is 22.7 Å². The molecule has 556 valence electrons. The third-order valence-electron chi connectivity index (χ3n) is 23.3. The molecule has 0 atom stereocenters. The van der Waals surface area contributed by atoms with Crippen LogP contribution in [0.5, 0.6) is 0 Å². The first-order valence-electron chi connectivity index (χ1n) is 37.9. The Morgan fingerprint density at radius 1 is 0.188 bits per heavy atom. The Morgan fingerprint density at radius 2 is 0.393 bits per heavy atom. The van der Waals surface area contributed by atoms with Gasteiger partial charge in [0.15, 0.2) is 0 Å². The van der Waals surface area contributed by atoms with Crippen LogP contribution in [0.2, 0.25) is 0 Å². The summed E-state index contributed by atoms with van der Waals surface area (Å²) in [7, 11) is -4.89. The molecule has 117 heavy (non-hydrogen) atoms. The predicted octanol–water partition coefficient (Wildman–Crippen LogP) is 30.9. The van der Waals surface area contributed by atoms with Crippen molar-refractivity contribution in [3.8, 4) is 89.0 Å². The summed E-state index contributed by atoms with van der Waals surface area (Å²) in [6.07, 6.45) is 0. The van der Waals surface area contributed by atoms with Gasteiger partial charge in [0.25, 0.3) is 0 Å². The van der Waals surface area contributed by atoms with Gasteiger partial charge in [-0.05, 0) is 216 Å². The quantitative estimate of drug-likeness (QED) is 0.101. The Morgan fingerprint density at radius 3 is 0.615 bits per heavy atom. The first-order chi connectivity index (χ1) is 57.1. The average Bonchev–Trinajstić information content (AvgIpc) is 1.61. The van der Waals surface area contributed by atoms with Crippen LogP contribution in [0.3, 0.4) is 0 Å². The Labute approximate surface area is 670 Å². The fourth-order valence-electron chi connectivity index (χ4n) is 18.6. The summed E-state index contributed by atoms with van der Waals surface area (Å²) in [6, 6.07) is 95.5. The average molecular weight is 1580 g/mol. The Hall–Kier alpha value is -13.7. The van der Waals surface area contributed by atoms with Crippen LogP contribution < -0.4 is 0 Å². The number of halogens is 8. The zero-order valence-electron chi connectivity index (χ0n) is 61.2. The Kier molecular flexibility index (Phi) is 16.0. The third-order valence-corrected chi connectivity index (χ3v) is 27.3. The molecule has 0 radical (unpaired) electrons. The lowest BCUT2D eigenvalue weighted by Crippen LogP contribution is -2.05. The van der Waals surface area contributed by atoms with Crippen molar-refractivity contribution in [3.63, 3.8) is 0 Å². The number of hydrogen-bond donors (Lipinski definition) is 0. The van der Waals surface area contributed by atoms with E-state index in [1.807, 2.05) is 231 Å². The molecule has 0 N–H and O–H groups in total. The second kappa shape index (κ2) is 26.7. The van der Waals surface area contributed by atoms with Crippen LogP contribution in [-0.2, 0) is 9.84 Å². The maximum absolute atomic E-state index is 18.1. The molecule has 2 aromatic heterocycles. The summed E-state index contributed by atoms with van der Waals surface area (Å²) in [5, 5.41) is 13.6. The minimum atomic E-state index is -4.89. The van der Waals surface area contributed by atoms with Crippen molar-refractivity contribution in [2.24, 2.45) is 0 Å². The zero-order valence-corrected chi connectivity index (χ0v) is 63.7. The molecule has 20 aromatic carbocycles. The molecule has 0 saturated carbocycles.